The van der Waals surface area contributed by atoms with Crippen molar-refractivity contribution in [3.8, 4) is 0 Å². The predicted molar refractivity (Wildman–Crippen MR) is 29.5 cm³/mol. The fourth-order valence-electron chi connectivity index (χ4n) is 0. The molecule has 5 N–H and O–H groups in total. The summed E-state index contributed by atoms with van der Waals surface area (Å²) < 4.78 is 36.8. The van der Waals surface area contributed by atoms with Crippen LogP contribution in [0.1, 0.15) is 0 Å². The van der Waals surface area contributed by atoms with Crippen molar-refractivity contribution in [2.24, 2.45) is 0 Å². The number of rotatable bonds is 1. The highest BCUT2D eigenvalue weighted by Crippen LogP contribution is 2.25. The van der Waals surface area contributed by atoms with Gasteiger partial charge in [0.2, 0.25) is 0 Å². The van der Waals surface area contributed by atoms with Gasteiger partial charge in [-0.05, 0) is 0 Å². The molecule has 0 spiro atoms. The summed E-state index contributed by atoms with van der Waals surface area (Å²) in [5.41, 5.74) is 0. The van der Waals surface area contributed by atoms with E-state index < -0.39 is 18.2 Å². The van der Waals surface area contributed by atoms with Crippen LogP contribution in [-0.4, -0.2) is 32.9 Å². The number of hydrogen-bond acceptors (Lipinski definition) is 5. The van der Waals surface area contributed by atoms with Gasteiger partial charge in [0.25, 0.3) is 0 Å². The van der Waals surface area contributed by atoms with E-state index in [-0.39, 0.29) is 0 Å². The fourth-order valence-corrected chi connectivity index (χ4v) is 0. The molecule has 0 atom stereocenters. The van der Waals surface area contributed by atoms with Gasteiger partial charge in [0.15, 0.2) is 0 Å². The third kappa shape index (κ3) is 72.5. The van der Waals surface area contributed by atoms with Gasteiger partial charge in [0.05, 0.1) is 0 Å². The topological polar surface area (TPSA) is 162 Å². The van der Waals surface area contributed by atoms with Crippen LogP contribution in [0.5, 0.6) is 0 Å². The average molecular weight is 212 g/mol. The predicted octanol–water partition coefficient (Wildman–Crippen LogP) is -1.65. The summed E-state index contributed by atoms with van der Waals surface area (Å²) >= 11 is 0. The molecule has 0 aromatic carbocycles. The Balaban J connectivity index is 0. The Morgan fingerprint density at radius 1 is 1.18 bits per heavy atom. The Morgan fingerprint density at radius 3 is 1.27 bits per heavy atom. The Kier molecular flexibility index (Phi) is 5.83. The molecule has 0 aromatic heterocycles. The molecule has 0 radical (unpaired) electrons. The molecule has 0 saturated heterocycles. The summed E-state index contributed by atoms with van der Waals surface area (Å²) in [5, 5.41) is 7.06. The summed E-state index contributed by atoms with van der Waals surface area (Å²) in [5.74, 6) is 0. The Morgan fingerprint density at radius 2 is 1.27 bits per heavy atom. The van der Waals surface area contributed by atoms with Crippen LogP contribution in [0, 0.1) is 0 Å². The van der Waals surface area contributed by atoms with E-state index in [9.17, 15) is 0 Å². The van der Waals surface area contributed by atoms with Crippen molar-refractivity contribution in [1.82, 2.24) is 0 Å². The zero-order chi connectivity index (χ0) is 9.71. The highest BCUT2D eigenvalue weighted by Gasteiger charge is 2.00. The van der Waals surface area contributed by atoms with E-state index in [0.717, 1.165) is 0 Å². The molecule has 0 fully saturated rings. The molecule has 11 heteroatoms. The SMILES string of the molecule is O=P(O)(O)O.O=S(=O)(O)OO. The molecule has 70 valence electrons. The van der Waals surface area contributed by atoms with Gasteiger partial charge in [-0.1, -0.05) is 4.33 Å². The maximum Gasteiger partial charge on any atom is 0.466 e. The van der Waals surface area contributed by atoms with Crippen LogP contribution in [0.15, 0.2) is 0 Å². The van der Waals surface area contributed by atoms with E-state index >= 15 is 0 Å². The van der Waals surface area contributed by atoms with Crippen LogP contribution in [0.2, 0.25) is 0 Å². The molecule has 0 saturated carbocycles. The fraction of sp³-hybridized carbons (Fsp3) is 0. The van der Waals surface area contributed by atoms with Crippen molar-refractivity contribution < 1.29 is 41.8 Å². The van der Waals surface area contributed by atoms with Gasteiger partial charge >= 0.3 is 18.2 Å². The molecule has 0 unspecified atom stereocenters. The van der Waals surface area contributed by atoms with Gasteiger partial charge < -0.3 is 14.7 Å². The summed E-state index contributed by atoms with van der Waals surface area (Å²) in [4.78, 5) is 21.6. The third-order valence-corrected chi connectivity index (χ3v) is 0.283. The van der Waals surface area contributed by atoms with E-state index in [1.165, 1.54) is 0 Å². The highest BCUT2D eigenvalue weighted by atomic mass is 32.3. The first-order valence-corrected chi connectivity index (χ1v) is 4.58. The van der Waals surface area contributed by atoms with Gasteiger partial charge in [0.1, 0.15) is 0 Å². The van der Waals surface area contributed by atoms with E-state index in [1.807, 2.05) is 0 Å². The molecule has 11 heavy (non-hydrogen) atoms. The minimum absolute atomic E-state index is 2.47. The standard InChI is InChI=1S/H2O5S.H3O4P/c1-5-6(2,3)4;1-5(2,3)4/h1H,(H,2,3,4);(H3,1,2,3,4). The van der Waals surface area contributed by atoms with E-state index in [4.69, 9.17) is 37.5 Å². The van der Waals surface area contributed by atoms with Crippen molar-refractivity contribution >= 4 is 18.2 Å². The Bertz CT molecular complexity index is 208. The minimum Gasteiger partial charge on any atom is -0.303 e. The molecule has 0 amide bonds. The molecular formula is H5O9PS. The van der Waals surface area contributed by atoms with Gasteiger partial charge in [-0.15, -0.1) is 0 Å². The lowest BCUT2D eigenvalue weighted by molar-refractivity contribution is -0.139. The third-order valence-electron chi connectivity index (χ3n) is 0.0942. The zero-order valence-corrected chi connectivity index (χ0v) is 6.44. The van der Waals surface area contributed by atoms with Crippen LogP contribution in [0.25, 0.3) is 0 Å². The molecule has 0 bridgehead atoms. The first-order chi connectivity index (χ1) is 4.56. The molecule has 0 heterocycles. The van der Waals surface area contributed by atoms with Crippen molar-refractivity contribution in [2.45, 2.75) is 0 Å². The van der Waals surface area contributed by atoms with Gasteiger partial charge in [-0.25, -0.2) is 9.82 Å². The van der Waals surface area contributed by atoms with Crippen molar-refractivity contribution in [3.05, 3.63) is 0 Å². The lowest BCUT2D eigenvalue weighted by Crippen LogP contribution is -1.97. The molecule has 0 rings (SSSR count). The second kappa shape index (κ2) is 4.74. The Labute approximate surface area is 61.0 Å². The summed E-state index contributed by atoms with van der Waals surface area (Å²) in [6, 6.07) is 0. The zero-order valence-electron chi connectivity index (χ0n) is 4.72. The monoisotopic (exact) mass is 212 g/mol. The molecule has 0 aromatic rings. The van der Waals surface area contributed by atoms with Crippen molar-refractivity contribution in [2.75, 3.05) is 0 Å². The first kappa shape index (κ1) is 13.5. The first-order valence-electron chi connectivity index (χ1n) is 1.65. The maximum absolute atomic E-state index is 9.08. The summed E-state index contributed by atoms with van der Waals surface area (Å²) in [7, 11) is -9.25. The molecular weight excluding hydrogens is 207 g/mol. The summed E-state index contributed by atoms with van der Waals surface area (Å²) in [6.45, 7) is 0. The van der Waals surface area contributed by atoms with Crippen LogP contribution in [0.4, 0.5) is 0 Å². The largest absolute Gasteiger partial charge is 0.466 e. The molecule has 0 aliphatic heterocycles. The highest BCUT2D eigenvalue weighted by molar-refractivity contribution is 7.80. The van der Waals surface area contributed by atoms with Crippen LogP contribution >= 0.6 is 7.82 Å². The minimum atomic E-state index is -4.64. The van der Waals surface area contributed by atoms with Crippen LogP contribution < -0.4 is 0 Å². The lowest BCUT2D eigenvalue weighted by Gasteiger charge is -1.82. The normalized spacial score (nSPS) is 11.7. The van der Waals surface area contributed by atoms with Gasteiger partial charge in [-0.2, -0.15) is 8.42 Å². The molecule has 0 aliphatic rings. The van der Waals surface area contributed by atoms with E-state index in [1.54, 1.807) is 0 Å². The van der Waals surface area contributed by atoms with Gasteiger partial charge in [0, 0.05) is 0 Å². The van der Waals surface area contributed by atoms with Crippen LogP contribution in [0.3, 0.4) is 0 Å². The summed E-state index contributed by atoms with van der Waals surface area (Å²) in [6.07, 6.45) is 0. The van der Waals surface area contributed by atoms with Crippen LogP contribution in [-0.2, 0) is 19.3 Å². The lowest BCUT2D eigenvalue weighted by atomic mass is 15.0. The molecule has 9 nitrogen and oxygen atoms in total. The quantitative estimate of drug-likeness (QED) is 0.148. The average Bonchev–Trinajstić information content (AvgIpc) is 1.59. The Hall–Kier alpha value is -0.0600. The van der Waals surface area contributed by atoms with Crippen molar-refractivity contribution in [1.29, 1.82) is 0 Å². The maximum atomic E-state index is 9.08. The number of phosphoric acid groups is 1. The second-order valence-electron chi connectivity index (χ2n) is 1.02. The van der Waals surface area contributed by atoms with Gasteiger partial charge in [-0.3, -0.25) is 4.55 Å². The number of hydrogen-bond donors (Lipinski definition) is 5. The van der Waals surface area contributed by atoms with E-state index in [2.05, 4.69) is 4.33 Å². The molecule has 0 aliphatic carbocycles. The van der Waals surface area contributed by atoms with Crippen molar-refractivity contribution in [3.63, 3.8) is 0 Å². The second-order valence-corrected chi connectivity index (χ2v) is 3.05. The van der Waals surface area contributed by atoms with E-state index in [0.29, 0.717) is 0 Å². The smallest absolute Gasteiger partial charge is 0.303 e.